The summed E-state index contributed by atoms with van der Waals surface area (Å²) in [5.41, 5.74) is 4.73. The van der Waals surface area contributed by atoms with Gasteiger partial charge in [-0.25, -0.2) is 14.2 Å². The number of anilines is 1. The minimum absolute atomic E-state index is 0.156. The summed E-state index contributed by atoms with van der Waals surface area (Å²) in [6, 6.07) is 18.2. The van der Waals surface area contributed by atoms with E-state index in [2.05, 4.69) is 26.9 Å². The number of carbonyl (C=O) groups excluding carboxylic acids is 1. The van der Waals surface area contributed by atoms with Gasteiger partial charge in [-0.05, 0) is 36.1 Å². The summed E-state index contributed by atoms with van der Waals surface area (Å²) < 4.78 is 37.7. The van der Waals surface area contributed by atoms with Crippen LogP contribution in [-0.2, 0) is 14.2 Å². The Kier molecular flexibility index (Phi) is 7.40. The Labute approximate surface area is 231 Å². The van der Waals surface area contributed by atoms with Gasteiger partial charge in [-0.15, -0.1) is 0 Å². The summed E-state index contributed by atoms with van der Waals surface area (Å²) in [4.78, 5) is 19.1. The van der Waals surface area contributed by atoms with Crippen LogP contribution in [0.5, 0.6) is 5.88 Å². The fourth-order valence-corrected chi connectivity index (χ4v) is 5.60. The van der Waals surface area contributed by atoms with E-state index in [9.17, 15) is 4.79 Å². The van der Waals surface area contributed by atoms with Crippen LogP contribution < -0.4 is 10.1 Å². The molecule has 4 heterocycles. The van der Waals surface area contributed by atoms with E-state index in [4.69, 9.17) is 14.2 Å². The maximum atomic E-state index is 15.1. The van der Waals surface area contributed by atoms with Crippen molar-refractivity contribution in [2.75, 3.05) is 32.2 Å². The molecule has 4 aromatic rings. The quantitative estimate of drug-likeness (QED) is 0.265. The van der Waals surface area contributed by atoms with E-state index >= 15 is 4.39 Å². The minimum atomic E-state index is -0.522. The van der Waals surface area contributed by atoms with E-state index in [1.165, 1.54) is 13.2 Å². The normalized spacial score (nSPS) is 21.9. The Balaban J connectivity index is 1.10. The third-order valence-corrected chi connectivity index (χ3v) is 7.87. The fourth-order valence-electron chi connectivity index (χ4n) is 5.60. The lowest BCUT2D eigenvalue weighted by Gasteiger charge is -2.16. The molecule has 1 amide bonds. The molecule has 2 aromatic carbocycles. The van der Waals surface area contributed by atoms with Crippen LogP contribution in [0.4, 0.5) is 14.9 Å². The SMILES string of the molecule is CC[C@@H]1CO[C@@H]2C(CCOc3cc4nc(-c5ccc(-c6ccc(NC(=O)OC)cc6)cc5)c(F)cc4[nH]3)COC12. The number of halogens is 1. The van der Waals surface area contributed by atoms with Gasteiger partial charge in [-0.3, -0.25) is 5.32 Å². The molecular weight excluding hydrogens is 513 g/mol. The molecule has 2 N–H and O–H groups in total. The van der Waals surface area contributed by atoms with E-state index in [1.807, 2.05) is 42.5 Å². The zero-order valence-corrected chi connectivity index (χ0v) is 22.5. The molecule has 4 atom stereocenters. The number of amides is 1. The van der Waals surface area contributed by atoms with Gasteiger partial charge in [0.1, 0.15) is 5.69 Å². The van der Waals surface area contributed by atoms with Crippen molar-refractivity contribution in [3.05, 3.63) is 66.5 Å². The molecule has 6 rings (SSSR count). The molecule has 2 aliphatic heterocycles. The third kappa shape index (κ3) is 5.26. The van der Waals surface area contributed by atoms with E-state index in [1.54, 1.807) is 12.1 Å². The number of nitrogens with one attached hydrogen (secondary N) is 2. The molecule has 0 aliphatic carbocycles. The summed E-state index contributed by atoms with van der Waals surface area (Å²) in [5.74, 6) is 0.962. The second-order valence-corrected chi connectivity index (χ2v) is 10.3. The highest BCUT2D eigenvalue weighted by atomic mass is 19.1. The molecule has 0 saturated carbocycles. The van der Waals surface area contributed by atoms with Gasteiger partial charge in [-0.1, -0.05) is 43.3 Å². The van der Waals surface area contributed by atoms with Gasteiger partial charge in [0.2, 0.25) is 0 Å². The monoisotopic (exact) mass is 545 g/mol. The van der Waals surface area contributed by atoms with Gasteiger partial charge >= 0.3 is 6.09 Å². The molecule has 0 radical (unpaired) electrons. The first-order valence-electron chi connectivity index (χ1n) is 13.6. The Bertz CT molecular complexity index is 1490. The molecule has 9 heteroatoms. The van der Waals surface area contributed by atoms with Gasteiger partial charge in [0.15, 0.2) is 11.7 Å². The number of ether oxygens (including phenoxy) is 4. The lowest BCUT2D eigenvalue weighted by Crippen LogP contribution is -2.26. The number of carbonyl (C=O) groups is 1. The van der Waals surface area contributed by atoms with Gasteiger partial charge < -0.3 is 23.9 Å². The van der Waals surface area contributed by atoms with Crippen molar-refractivity contribution in [1.82, 2.24) is 9.97 Å². The van der Waals surface area contributed by atoms with Gasteiger partial charge in [-0.2, -0.15) is 0 Å². The number of benzene rings is 2. The van der Waals surface area contributed by atoms with Crippen LogP contribution in [0, 0.1) is 17.7 Å². The molecule has 2 aromatic heterocycles. The first-order chi connectivity index (χ1) is 19.5. The summed E-state index contributed by atoms with van der Waals surface area (Å²) in [6.45, 7) is 4.17. The van der Waals surface area contributed by atoms with Gasteiger partial charge in [0, 0.05) is 35.2 Å². The summed E-state index contributed by atoms with van der Waals surface area (Å²) in [7, 11) is 1.32. The second-order valence-electron chi connectivity index (χ2n) is 10.3. The van der Waals surface area contributed by atoms with Gasteiger partial charge in [0.05, 0.1) is 50.2 Å². The second kappa shape index (κ2) is 11.3. The molecule has 0 spiro atoms. The van der Waals surface area contributed by atoms with Crippen LogP contribution in [-0.4, -0.2) is 55.2 Å². The van der Waals surface area contributed by atoms with Crippen molar-refractivity contribution in [1.29, 1.82) is 0 Å². The predicted octanol–water partition coefficient (Wildman–Crippen LogP) is 6.42. The summed E-state index contributed by atoms with van der Waals surface area (Å²) in [5, 5.41) is 2.63. The molecule has 8 nitrogen and oxygen atoms in total. The zero-order valence-electron chi connectivity index (χ0n) is 22.5. The predicted molar refractivity (Wildman–Crippen MR) is 150 cm³/mol. The number of hydrogen-bond acceptors (Lipinski definition) is 6. The Morgan fingerprint density at radius 3 is 2.35 bits per heavy atom. The number of rotatable bonds is 8. The van der Waals surface area contributed by atoms with E-state index in [0.717, 1.165) is 30.6 Å². The van der Waals surface area contributed by atoms with Crippen LogP contribution in [0.25, 0.3) is 33.4 Å². The summed E-state index contributed by atoms with van der Waals surface area (Å²) >= 11 is 0. The van der Waals surface area contributed by atoms with Crippen molar-refractivity contribution >= 4 is 22.8 Å². The smallest absolute Gasteiger partial charge is 0.411 e. The Hall–Kier alpha value is -3.95. The number of fused-ring (bicyclic) bond motifs is 2. The molecule has 208 valence electrons. The molecule has 2 fully saturated rings. The molecular formula is C31H32FN3O5. The van der Waals surface area contributed by atoms with E-state index in [-0.39, 0.29) is 17.9 Å². The zero-order chi connectivity index (χ0) is 27.6. The molecule has 0 bridgehead atoms. The van der Waals surface area contributed by atoms with Crippen LogP contribution in [0.1, 0.15) is 19.8 Å². The van der Waals surface area contributed by atoms with Crippen molar-refractivity contribution < 1.29 is 28.1 Å². The molecule has 2 aliphatic rings. The first-order valence-corrected chi connectivity index (χ1v) is 13.6. The number of hydrogen-bond donors (Lipinski definition) is 2. The van der Waals surface area contributed by atoms with Crippen LogP contribution in [0.15, 0.2) is 60.7 Å². The number of pyridine rings is 1. The summed E-state index contributed by atoms with van der Waals surface area (Å²) in [6.07, 6.45) is 1.74. The molecule has 40 heavy (non-hydrogen) atoms. The number of nitrogens with zero attached hydrogens (tertiary/aromatic N) is 1. The van der Waals surface area contributed by atoms with Crippen LogP contribution >= 0.6 is 0 Å². The van der Waals surface area contributed by atoms with Crippen LogP contribution in [0.3, 0.4) is 0 Å². The number of aromatic nitrogens is 2. The standard InChI is InChI=1S/C31H32FN3O5/c1-3-18-16-39-30-22(17-40-29(18)30)12-13-38-27-15-26-25(34-27)14-24(32)28(35-26)21-6-4-19(5-7-21)20-8-10-23(11-9-20)33-31(36)37-2/h4-11,14-15,18,22,29-30,34H,3,12-13,16-17H2,1-2H3,(H,33,36)/t18-,22?,29?,30-/m1/s1. The molecule has 2 saturated heterocycles. The fraction of sp³-hybridized carbons (Fsp3) is 0.355. The number of H-pyrrole nitrogens is 1. The van der Waals surface area contributed by atoms with Crippen molar-refractivity contribution in [3.8, 4) is 28.3 Å². The average Bonchev–Trinajstić information content (AvgIpc) is 3.68. The average molecular weight is 546 g/mol. The van der Waals surface area contributed by atoms with Crippen molar-refractivity contribution in [2.24, 2.45) is 11.8 Å². The highest BCUT2D eigenvalue weighted by Crippen LogP contribution is 2.37. The van der Waals surface area contributed by atoms with E-state index < -0.39 is 11.9 Å². The number of methoxy groups -OCH3 is 1. The topological polar surface area (TPSA) is 94.7 Å². The third-order valence-electron chi connectivity index (χ3n) is 7.87. The Morgan fingerprint density at radius 2 is 1.65 bits per heavy atom. The highest BCUT2D eigenvalue weighted by Gasteiger charge is 2.46. The minimum Gasteiger partial charge on any atom is -0.479 e. The lowest BCUT2D eigenvalue weighted by molar-refractivity contribution is 0.0581. The van der Waals surface area contributed by atoms with Gasteiger partial charge in [0.25, 0.3) is 0 Å². The van der Waals surface area contributed by atoms with Crippen LogP contribution in [0.2, 0.25) is 0 Å². The maximum Gasteiger partial charge on any atom is 0.411 e. The lowest BCUT2D eigenvalue weighted by atomic mass is 9.93. The largest absolute Gasteiger partial charge is 0.479 e. The number of aromatic amines is 1. The van der Waals surface area contributed by atoms with E-state index in [0.29, 0.717) is 53.2 Å². The Morgan fingerprint density at radius 1 is 1.00 bits per heavy atom. The maximum absolute atomic E-state index is 15.1. The van der Waals surface area contributed by atoms with Crippen molar-refractivity contribution in [2.45, 2.75) is 32.0 Å². The first kappa shape index (κ1) is 26.3. The van der Waals surface area contributed by atoms with Crippen molar-refractivity contribution in [3.63, 3.8) is 0 Å². The molecule has 2 unspecified atom stereocenters. The highest BCUT2D eigenvalue weighted by molar-refractivity contribution is 5.85.